The van der Waals surface area contributed by atoms with Gasteiger partial charge >= 0.3 is 0 Å². The quantitative estimate of drug-likeness (QED) is 0.695. The largest absolute Gasteiger partial charge is 0.356 e. The van der Waals surface area contributed by atoms with Crippen LogP contribution in [0.3, 0.4) is 0 Å². The van der Waals surface area contributed by atoms with Crippen LogP contribution in [0.25, 0.3) is 11.3 Å². The highest BCUT2D eigenvalue weighted by Gasteiger charge is 2.22. The topological polar surface area (TPSA) is 58.1 Å². The van der Waals surface area contributed by atoms with E-state index >= 15 is 0 Å². The second-order valence-corrected chi connectivity index (χ2v) is 7.45. The van der Waals surface area contributed by atoms with Crippen molar-refractivity contribution in [2.75, 3.05) is 18.0 Å². The number of piperidine rings is 1. The smallest absolute Gasteiger partial charge is 0.253 e. The van der Waals surface area contributed by atoms with Crippen molar-refractivity contribution in [3.8, 4) is 11.3 Å². The van der Waals surface area contributed by atoms with E-state index in [1.807, 2.05) is 12.1 Å². The molecule has 0 saturated carbocycles. The molecule has 0 unspecified atom stereocenters. The lowest BCUT2D eigenvalue weighted by Gasteiger charge is -2.33. The second-order valence-electron chi connectivity index (χ2n) is 7.01. The monoisotopic (exact) mass is 410 g/mol. The highest BCUT2D eigenvalue weighted by molar-refractivity contribution is 6.30. The molecular formula is C22H20ClFN4O. The number of rotatable bonds is 4. The SMILES string of the molecule is O=C(NC1CCN(c2ccc(Cl)cn2)CC1)c1ccc(-c2cccc(F)c2)nc1. The van der Waals surface area contributed by atoms with Crippen LogP contribution in [0, 0.1) is 5.82 Å². The Morgan fingerprint density at radius 3 is 2.55 bits per heavy atom. The number of carbonyl (C=O) groups is 1. The van der Waals surface area contributed by atoms with Gasteiger partial charge in [-0.05, 0) is 49.2 Å². The molecule has 5 nitrogen and oxygen atoms in total. The molecule has 0 spiro atoms. The number of hydrogen-bond acceptors (Lipinski definition) is 4. The molecule has 3 heterocycles. The molecule has 0 atom stereocenters. The molecule has 0 bridgehead atoms. The summed E-state index contributed by atoms with van der Waals surface area (Å²) in [7, 11) is 0. The number of anilines is 1. The number of hydrogen-bond donors (Lipinski definition) is 1. The zero-order valence-corrected chi connectivity index (χ0v) is 16.4. The molecule has 3 aromatic rings. The molecule has 7 heteroatoms. The Balaban J connectivity index is 1.33. The van der Waals surface area contributed by atoms with E-state index in [-0.39, 0.29) is 17.8 Å². The van der Waals surface area contributed by atoms with Crippen molar-refractivity contribution in [1.82, 2.24) is 15.3 Å². The van der Waals surface area contributed by atoms with Crippen LogP contribution in [-0.4, -0.2) is 35.0 Å². The molecule has 4 rings (SSSR count). The zero-order chi connectivity index (χ0) is 20.2. The summed E-state index contributed by atoms with van der Waals surface area (Å²) in [6.07, 6.45) is 4.85. The van der Waals surface area contributed by atoms with E-state index in [2.05, 4.69) is 20.2 Å². The summed E-state index contributed by atoms with van der Waals surface area (Å²) in [5.41, 5.74) is 1.80. The third kappa shape index (κ3) is 4.71. The van der Waals surface area contributed by atoms with Gasteiger partial charge in [0.25, 0.3) is 5.91 Å². The number of halogens is 2. The molecule has 1 aliphatic rings. The van der Waals surface area contributed by atoms with Crippen LogP contribution >= 0.6 is 11.6 Å². The number of carbonyl (C=O) groups excluding carboxylic acids is 1. The average Bonchev–Trinajstić information content (AvgIpc) is 2.75. The minimum absolute atomic E-state index is 0.106. The molecule has 148 valence electrons. The third-order valence-electron chi connectivity index (χ3n) is 5.01. The Kier molecular flexibility index (Phi) is 5.71. The molecule has 29 heavy (non-hydrogen) atoms. The Hall–Kier alpha value is -2.99. The van der Waals surface area contributed by atoms with Crippen molar-refractivity contribution >= 4 is 23.3 Å². The van der Waals surface area contributed by atoms with Crippen LogP contribution in [-0.2, 0) is 0 Å². The molecule has 0 aliphatic carbocycles. The fraction of sp³-hybridized carbons (Fsp3) is 0.227. The molecule has 1 aliphatic heterocycles. The van der Waals surface area contributed by atoms with Gasteiger partial charge in [0.2, 0.25) is 0 Å². The molecule has 1 saturated heterocycles. The van der Waals surface area contributed by atoms with Crippen LogP contribution in [0.2, 0.25) is 5.02 Å². The summed E-state index contributed by atoms with van der Waals surface area (Å²) < 4.78 is 13.4. The van der Waals surface area contributed by atoms with Gasteiger partial charge in [0.1, 0.15) is 11.6 Å². The second kappa shape index (κ2) is 8.57. The van der Waals surface area contributed by atoms with Crippen LogP contribution in [0.1, 0.15) is 23.2 Å². The number of pyridine rings is 2. The number of amides is 1. The van der Waals surface area contributed by atoms with E-state index < -0.39 is 0 Å². The lowest BCUT2D eigenvalue weighted by molar-refractivity contribution is 0.0930. The Morgan fingerprint density at radius 1 is 1.07 bits per heavy atom. The van der Waals surface area contributed by atoms with Crippen LogP contribution in [0.4, 0.5) is 10.2 Å². The predicted octanol–water partition coefficient (Wildman–Crippen LogP) is 4.33. The number of nitrogens with one attached hydrogen (secondary N) is 1. The maximum absolute atomic E-state index is 13.4. The van der Waals surface area contributed by atoms with Crippen LogP contribution in [0.5, 0.6) is 0 Å². The summed E-state index contributed by atoms with van der Waals surface area (Å²) in [5.74, 6) is 0.439. The Labute approximate surface area is 173 Å². The predicted molar refractivity (Wildman–Crippen MR) is 112 cm³/mol. The number of aromatic nitrogens is 2. The standard InChI is InChI=1S/C22H20ClFN4O/c23-17-5-7-21(26-14-17)28-10-8-19(9-11-28)27-22(29)16-4-6-20(25-13-16)15-2-1-3-18(24)12-15/h1-7,12-14,19H,8-11H2,(H,27,29). The first kappa shape index (κ1) is 19.3. The highest BCUT2D eigenvalue weighted by Crippen LogP contribution is 2.20. The fourth-order valence-corrected chi connectivity index (χ4v) is 3.54. The minimum atomic E-state index is -0.314. The summed E-state index contributed by atoms with van der Waals surface area (Å²) in [4.78, 5) is 23.4. The van der Waals surface area contributed by atoms with Gasteiger partial charge in [-0.25, -0.2) is 9.37 Å². The summed E-state index contributed by atoms with van der Waals surface area (Å²) >= 11 is 5.89. The number of benzene rings is 1. The van der Waals surface area contributed by atoms with E-state index in [0.29, 0.717) is 21.8 Å². The van der Waals surface area contributed by atoms with Crippen molar-refractivity contribution < 1.29 is 9.18 Å². The summed E-state index contributed by atoms with van der Waals surface area (Å²) in [6, 6.07) is 13.5. The van der Waals surface area contributed by atoms with Gasteiger partial charge in [0.15, 0.2) is 0 Å². The average molecular weight is 411 g/mol. The molecule has 1 aromatic carbocycles. The van der Waals surface area contributed by atoms with Crippen molar-refractivity contribution in [3.63, 3.8) is 0 Å². The maximum Gasteiger partial charge on any atom is 0.253 e. The highest BCUT2D eigenvalue weighted by atomic mass is 35.5. The van der Waals surface area contributed by atoms with Gasteiger partial charge in [0.05, 0.1) is 16.3 Å². The molecular weight excluding hydrogens is 391 g/mol. The van der Waals surface area contributed by atoms with E-state index in [4.69, 9.17) is 11.6 Å². The van der Waals surface area contributed by atoms with Gasteiger partial charge in [-0.15, -0.1) is 0 Å². The fourth-order valence-electron chi connectivity index (χ4n) is 3.42. The minimum Gasteiger partial charge on any atom is -0.356 e. The van der Waals surface area contributed by atoms with E-state index in [0.717, 1.165) is 31.7 Å². The van der Waals surface area contributed by atoms with E-state index in [1.54, 1.807) is 30.5 Å². The lowest BCUT2D eigenvalue weighted by atomic mass is 10.0. The van der Waals surface area contributed by atoms with E-state index in [1.165, 1.54) is 18.3 Å². The first-order chi connectivity index (χ1) is 14.1. The van der Waals surface area contributed by atoms with Crippen molar-refractivity contribution in [2.45, 2.75) is 18.9 Å². The third-order valence-corrected chi connectivity index (χ3v) is 5.24. The molecule has 1 fully saturated rings. The van der Waals surface area contributed by atoms with Crippen molar-refractivity contribution in [3.05, 3.63) is 77.3 Å². The lowest BCUT2D eigenvalue weighted by Crippen LogP contribution is -2.45. The normalized spacial score (nSPS) is 14.6. The van der Waals surface area contributed by atoms with Crippen molar-refractivity contribution in [1.29, 1.82) is 0 Å². The molecule has 0 radical (unpaired) electrons. The first-order valence-electron chi connectivity index (χ1n) is 9.48. The van der Waals surface area contributed by atoms with Crippen molar-refractivity contribution in [2.24, 2.45) is 0 Å². The summed E-state index contributed by atoms with van der Waals surface area (Å²) in [6.45, 7) is 1.63. The first-order valence-corrected chi connectivity index (χ1v) is 9.85. The van der Waals surface area contributed by atoms with Crippen LogP contribution < -0.4 is 10.2 Å². The van der Waals surface area contributed by atoms with E-state index in [9.17, 15) is 9.18 Å². The Bertz CT molecular complexity index is 986. The van der Waals surface area contributed by atoms with Gasteiger partial charge in [-0.2, -0.15) is 0 Å². The molecule has 1 N–H and O–H groups in total. The zero-order valence-electron chi connectivity index (χ0n) is 15.7. The van der Waals surface area contributed by atoms with Gasteiger partial charge < -0.3 is 10.2 Å². The molecule has 1 amide bonds. The van der Waals surface area contributed by atoms with Crippen LogP contribution in [0.15, 0.2) is 60.9 Å². The number of nitrogens with zero attached hydrogens (tertiary/aromatic N) is 3. The van der Waals surface area contributed by atoms with Gasteiger partial charge in [-0.3, -0.25) is 9.78 Å². The van der Waals surface area contributed by atoms with Gasteiger partial charge in [0, 0.05) is 37.1 Å². The molecule has 2 aromatic heterocycles. The summed E-state index contributed by atoms with van der Waals surface area (Å²) in [5, 5.41) is 3.70. The van der Waals surface area contributed by atoms with Gasteiger partial charge in [-0.1, -0.05) is 23.7 Å². The Morgan fingerprint density at radius 2 is 1.90 bits per heavy atom. The maximum atomic E-state index is 13.4.